The Hall–Kier alpha value is -2.29. The topological polar surface area (TPSA) is 46.5 Å². The van der Waals surface area contributed by atoms with Gasteiger partial charge in [0.25, 0.3) is 5.97 Å². The Morgan fingerprint density at radius 3 is 2.21 bits per heavy atom. The summed E-state index contributed by atoms with van der Waals surface area (Å²) < 4.78 is 5.77. The number of benzene rings is 2. The van der Waals surface area contributed by atoms with E-state index in [9.17, 15) is 0 Å². The number of fused-ring (bicyclic) bond motifs is 2. The van der Waals surface area contributed by atoms with Gasteiger partial charge in [-0.05, 0) is 22.8 Å². The van der Waals surface area contributed by atoms with Crippen molar-refractivity contribution in [3.8, 4) is 5.75 Å². The quantitative estimate of drug-likeness (QED) is 0.787. The number of rotatable bonds is 0. The van der Waals surface area contributed by atoms with Gasteiger partial charge in [0.2, 0.25) is 0 Å². The second-order valence-electron chi connectivity index (χ2n) is 4.36. The average Bonchev–Trinajstić information content (AvgIpc) is 2.57. The summed E-state index contributed by atoms with van der Waals surface area (Å²) in [5, 5.41) is 7.42. The highest BCUT2D eigenvalue weighted by molar-refractivity contribution is 5.62. The van der Waals surface area contributed by atoms with Crippen molar-refractivity contribution in [3.63, 3.8) is 0 Å². The van der Waals surface area contributed by atoms with Gasteiger partial charge in [0.15, 0.2) is 0 Å². The van der Waals surface area contributed by atoms with Gasteiger partial charge in [-0.25, -0.2) is 0 Å². The van der Waals surface area contributed by atoms with Crippen LogP contribution in [0.15, 0.2) is 48.5 Å². The maximum absolute atomic E-state index is 9.00. The van der Waals surface area contributed by atoms with Gasteiger partial charge >= 0.3 is 0 Å². The zero-order valence-corrected chi connectivity index (χ0v) is 10.8. The zero-order valence-electron chi connectivity index (χ0n) is 10.8. The molecule has 0 amide bonds. The van der Waals surface area contributed by atoms with Gasteiger partial charge in [-0.1, -0.05) is 42.5 Å². The molecule has 1 aliphatic heterocycles. The van der Waals surface area contributed by atoms with Crippen molar-refractivity contribution in [1.82, 2.24) is 0 Å². The van der Waals surface area contributed by atoms with Crippen molar-refractivity contribution in [2.24, 2.45) is 0 Å². The zero-order chi connectivity index (χ0) is 13.7. The molecule has 0 aromatic heterocycles. The molecule has 0 saturated heterocycles. The van der Waals surface area contributed by atoms with Gasteiger partial charge in [0.05, 0.1) is 0 Å². The van der Waals surface area contributed by atoms with Crippen LogP contribution in [-0.2, 0) is 17.8 Å². The molecule has 2 aromatic rings. The van der Waals surface area contributed by atoms with Gasteiger partial charge in [-0.3, -0.25) is 4.79 Å². The molecular formula is C16H16O3. The van der Waals surface area contributed by atoms with Gasteiger partial charge in [-0.2, -0.15) is 0 Å². The van der Waals surface area contributed by atoms with E-state index in [1.54, 1.807) is 0 Å². The molecule has 2 aromatic carbocycles. The summed E-state index contributed by atoms with van der Waals surface area (Å²) in [6, 6.07) is 16.7. The van der Waals surface area contributed by atoms with Crippen molar-refractivity contribution in [3.05, 3.63) is 65.2 Å². The molecule has 0 unspecified atom stereocenters. The second-order valence-corrected chi connectivity index (χ2v) is 4.36. The smallest absolute Gasteiger partial charge is 0.300 e. The molecule has 3 rings (SSSR count). The van der Waals surface area contributed by atoms with Gasteiger partial charge in [0.1, 0.15) is 12.4 Å². The minimum atomic E-state index is -0.833. The van der Waals surface area contributed by atoms with E-state index < -0.39 is 5.97 Å². The van der Waals surface area contributed by atoms with E-state index in [1.165, 1.54) is 16.7 Å². The van der Waals surface area contributed by atoms with E-state index >= 15 is 0 Å². The lowest BCUT2D eigenvalue weighted by atomic mass is 10.0. The van der Waals surface area contributed by atoms with E-state index in [0.717, 1.165) is 19.1 Å². The van der Waals surface area contributed by atoms with Crippen LogP contribution in [0.3, 0.4) is 0 Å². The molecule has 0 aliphatic carbocycles. The number of aliphatic carboxylic acids is 1. The van der Waals surface area contributed by atoms with E-state index in [0.29, 0.717) is 6.61 Å². The van der Waals surface area contributed by atoms with Crippen molar-refractivity contribution >= 4 is 5.97 Å². The monoisotopic (exact) mass is 256 g/mol. The maximum atomic E-state index is 9.00. The van der Waals surface area contributed by atoms with Crippen LogP contribution in [0.1, 0.15) is 23.6 Å². The largest absolute Gasteiger partial charge is 0.489 e. The molecule has 0 bridgehead atoms. The molecular weight excluding hydrogens is 240 g/mol. The first-order valence-electron chi connectivity index (χ1n) is 6.14. The minimum absolute atomic E-state index is 0.688. The van der Waals surface area contributed by atoms with Gasteiger partial charge in [-0.15, -0.1) is 0 Å². The first kappa shape index (κ1) is 13.1. The highest BCUT2D eigenvalue weighted by Crippen LogP contribution is 2.27. The van der Waals surface area contributed by atoms with Crippen molar-refractivity contribution in [2.75, 3.05) is 0 Å². The molecule has 3 nitrogen and oxygen atoms in total. The number of para-hydroxylation sites is 1. The molecule has 1 N–H and O–H groups in total. The Kier molecular flexibility index (Phi) is 4.18. The predicted molar refractivity (Wildman–Crippen MR) is 73.3 cm³/mol. The molecule has 1 aliphatic rings. The number of ether oxygens (including phenoxy) is 1. The molecule has 19 heavy (non-hydrogen) atoms. The second kappa shape index (κ2) is 6.05. The number of carbonyl (C=O) groups is 1. The van der Waals surface area contributed by atoms with Crippen LogP contribution in [-0.4, -0.2) is 11.1 Å². The Morgan fingerprint density at radius 1 is 1.00 bits per heavy atom. The molecule has 0 spiro atoms. The van der Waals surface area contributed by atoms with Crippen molar-refractivity contribution < 1.29 is 14.6 Å². The Balaban J connectivity index is 0.000000297. The summed E-state index contributed by atoms with van der Waals surface area (Å²) >= 11 is 0. The molecule has 3 heteroatoms. The van der Waals surface area contributed by atoms with Crippen LogP contribution in [0.2, 0.25) is 0 Å². The molecule has 0 radical (unpaired) electrons. The lowest BCUT2D eigenvalue weighted by Gasteiger charge is -2.05. The summed E-state index contributed by atoms with van der Waals surface area (Å²) in [4.78, 5) is 9.00. The van der Waals surface area contributed by atoms with Crippen molar-refractivity contribution in [2.45, 2.75) is 20.0 Å². The lowest BCUT2D eigenvalue weighted by Crippen LogP contribution is -1.94. The maximum Gasteiger partial charge on any atom is 0.300 e. The number of carboxylic acid groups (broad SMARTS) is 1. The summed E-state index contributed by atoms with van der Waals surface area (Å²) in [5.74, 6) is 0.189. The predicted octanol–water partition coefficient (Wildman–Crippen LogP) is 3.26. The molecule has 0 saturated carbocycles. The fourth-order valence-corrected chi connectivity index (χ4v) is 2.02. The number of carboxylic acids is 1. The van der Waals surface area contributed by atoms with E-state index in [1.807, 2.05) is 12.1 Å². The van der Waals surface area contributed by atoms with Crippen LogP contribution in [0.5, 0.6) is 5.75 Å². The summed E-state index contributed by atoms with van der Waals surface area (Å²) in [6.45, 7) is 1.77. The summed E-state index contributed by atoms with van der Waals surface area (Å²) in [6.07, 6.45) is 0.979. The van der Waals surface area contributed by atoms with Crippen LogP contribution in [0.25, 0.3) is 0 Å². The van der Waals surface area contributed by atoms with Gasteiger partial charge in [0, 0.05) is 13.3 Å². The first-order chi connectivity index (χ1) is 9.16. The SMILES string of the molecule is CC(=O)O.c1ccc2c(c1)COc1ccccc1C2. The third kappa shape index (κ3) is 3.58. The van der Waals surface area contributed by atoms with Crippen molar-refractivity contribution in [1.29, 1.82) is 0 Å². The average molecular weight is 256 g/mol. The van der Waals surface area contributed by atoms with E-state index in [4.69, 9.17) is 14.6 Å². The molecule has 1 heterocycles. The number of hydrogen-bond donors (Lipinski definition) is 1. The van der Waals surface area contributed by atoms with Crippen LogP contribution in [0.4, 0.5) is 0 Å². The minimum Gasteiger partial charge on any atom is -0.489 e. The summed E-state index contributed by atoms with van der Waals surface area (Å²) in [5.41, 5.74) is 3.96. The fraction of sp³-hybridized carbons (Fsp3) is 0.188. The van der Waals surface area contributed by atoms with Gasteiger partial charge < -0.3 is 9.84 Å². The molecule has 0 fully saturated rings. The Morgan fingerprint density at radius 2 is 1.53 bits per heavy atom. The normalized spacial score (nSPS) is 11.8. The Bertz CT molecular complexity index is 526. The van der Waals surface area contributed by atoms with E-state index in [-0.39, 0.29) is 0 Å². The molecule has 98 valence electrons. The van der Waals surface area contributed by atoms with Crippen LogP contribution < -0.4 is 4.74 Å². The third-order valence-electron chi connectivity index (χ3n) is 2.86. The Labute approximate surface area is 112 Å². The number of hydrogen-bond acceptors (Lipinski definition) is 2. The van der Waals surface area contributed by atoms with Crippen LogP contribution >= 0.6 is 0 Å². The fourth-order valence-electron chi connectivity index (χ4n) is 2.02. The first-order valence-corrected chi connectivity index (χ1v) is 6.14. The standard InChI is InChI=1S/C14H12O.C2H4O2/c1-2-7-13-10-15-14-8-4-3-6-12(14)9-11(13)5-1;1-2(3)4/h1-8H,9-10H2;1H3,(H,3,4). The third-order valence-corrected chi connectivity index (χ3v) is 2.86. The van der Waals surface area contributed by atoms with E-state index in [2.05, 4.69) is 36.4 Å². The highest BCUT2D eigenvalue weighted by atomic mass is 16.5. The van der Waals surface area contributed by atoms with Crippen LogP contribution in [0, 0.1) is 0 Å². The molecule has 0 atom stereocenters. The highest BCUT2D eigenvalue weighted by Gasteiger charge is 2.12. The summed E-state index contributed by atoms with van der Waals surface area (Å²) in [7, 11) is 0. The lowest BCUT2D eigenvalue weighted by molar-refractivity contribution is -0.134.